The van der Waals surface area contributed by atoms with Crippen LogP contribution in [0.15, 0.2) is 47.1 Å². The highest BCUT2D eigenvalue weighted by Crippen LogP contribution is 2.20. The molecule has 22 heavy (non-hydrogen) atoms. The Morgan fingerprint density at radius 1 is 1.23 bits per heavy atom. The van der Waals surface area contributed by atoms with E-state index in [2.05, 4.69) is 41.0 Å². The Kier molecular flexibility index (Phi) is 7.10. The van der Waals surface area contributed by atoms with Gasteiger partial charge in [-0.1, -0.05) is 56.2 Å². The summed E-state index contributed by atoms with van der Waals surface area (Å²) in [6, 6.07) is 10.2. The molecule has 0 saturated heterocycles. The lowest BCUT2D eigenvalue weighted by Crippen LogP contribution is -2.32. The molecule has 0 aromatic heterocycles. The molecule has 0 radical (unpaired) electrons. The molecule has 1 aliphatic rings. The number of benzene rings is 1. The van der Waals surface area contributed by atoms with Gasteiger partial charge in [-0.2, -0.15) is 5.10 Å². The van der Waals surface area contributed by atoms with Crippen molar-refractivity contribution in [1.82, 2.24) is 10.7 Å². The fourth-order valence-corrected chi connectivity index (χ4v) is 2.65. The standard InChI is InChI=1S/C18H25N3S/c1-2-3-5-11-16-12-8-13-17(16)20-21-18(22)19-14-15-9-6-4-7-10-15/h4,6-7,9-10,12H,2-3,5,8,11,13-14H2,1H3,(H2,19,21,22)/b20-17-. The Morgan fingerprint density at radius 2 is 2.05 bits per heavy atom. The van der Waals surface area contributed by atoms with E-state index in [-0.39, 0.29) is 0 Å². The van der Waals surface area contributed by atoms with Crippen LogP contribution in [0.1, 0.15) is 51.0 Å². The van der Waals surface area contributed by atoms with Crippen LogP contribution >= 0.6 is 12.2 Å². The Hall–Kier alpha value is -1.68. The molecule has 4 heteroatoms. The van der Waals surface area contributed by atoms with Crippen molar-refractivity contribution in [3.05, 3.63) is 47.5 Å². The topological polar surface area (TPSA) is 36.4 Å². The van der Waals surface area contributed by atoms with Crippen molar-refractivity contribution in [3.63, 3.8) is 0 Å². The van der Waals surface area contributed by atoms with E-state index < -0.39 is 0 Å². The summed E-state index contributed by atoms with van der Waals surface area (Å²) in [5.74, 6) is 0. The van der Waals surface area contributed by atoms with Gasteiger partial charge in [-0.3, -0.25) is 5.43 Å². The van der Waals surface area contributed by atoms with E-state index in [0.717, 1.165) is 25.8 Å². The zero-order valence-corrected chi connectivity index (χ0v) is 14.1. The highest BCUT2D eigenvalue weighted by Gasteiger charge is 2.12. The molecular formula is C18H25N3S. The SMILES string of the molecule is CCCCCC1=CCC/C1=N/NC(=S)NCc1ccccc1. The molecule has 118 valence electrons. The third-order valence-electron chi connectivity index (χ3n) is 3.78. The molecule has 0 spiro atoms. The molecule has 0 heterocycles. The van der Waals surface area contributed by atoms with Gasteiger partial charge in [0.05, 0.1) is 5.71 Å². The number of allylic oxidation sites excluding steroid dienone is 2. The molecule has 2 rings (SSSR count). The Labute approximate surface area is 138 Å². The summed E-state index contributed by atoms with van der Waals surface area (Å²) >= 11 is 5.28. The second-order valence-electron chi connectivity index (χ2n) is 5.56. The van der Waals surface area contributed by atoms with Crippen molar-refractivity contribution in [2.45, 2.75) is 52.0 Å². The first kappa shape index (κ1) is 16.7. The first-order valence-electron chi connectivity index (χ1n) is 8.13. The molecular weight excluding hydrogens is 290 g/mol. The van der Waals surface area contributed by atoms with Gasteiger partial charge in [0.25, 0.3) is 0 Å². The van der Waals surface area contributed by atoms with Gasteiger partial charge in [-0.25, -0.2) is 0 Å². The number of rotatable bonds is 7. The van der Waals surface area contributed by atoms with Gasteiger partial charge in [-0.05, 0) is 49.0 Å². The fraction of sp³-hybridized carbons (Fsp3) is 0.444. The molecule has 0 atom stereocenters. The van der Waals surface area contributed by atoms with Crippen LogP contribution in [0.5, 0.6) is 0 Å². The summed E-state index contributed by atoms with van der Waals surface area (Å²) in [5.41, 5.74) is 6.75. The average molecular weight is 315 g/mol. The summed E-state index contributed by atoms with van der Waals surface area (Å²) < 4.78 is 0. The number of thiocarbonyl (C=S) groups is 1. The lowest BCUT2D eigenvalue weighted by molar-refractivity contribution is 0.722. The van der Waals surface area contributed by atoms with Crippen LogP contribution in [0.2, 0.25) is 0 Å². The lowest BCUT2D eigenvalue weighted by Gasteiger charge is -2.09. The minimum Gasteiger partial charge on any atom is -0.357 e. The van der Waals surface area contributed by atoms with Crippen LogP contribution in [0.3, 0.4) is 0 Å². The molecule has 0 bridgehead atoms. The van der Waals surface area contributed by atoms with Crippen molar-refractivity contribution < 1.29 is 0 Å². The number of nitrogens with one attached hydrogen (secondary N) is 2. The maximum absolute atomic E-state index is 5.28. The summed E-state index contributed by atoms with van der Waals surface area (Å²) in [6.07, 6.45) is 9.37. The molecule has 1 aliphatic carbocycles. The number of hydrogen-bond donors (Lipinski definition) is 2. The molecule has 0 saturated carbocycles. The summed E-state index contributed by atoms with van der Waals surface area (Å²) in [5, 5.41) is 8.25. The highest BCUT2D eigenvalue weighted by molar-refractivity contribution is 7.80. The van der Waals surface area contributed by atoms with Crippen LogP contribution < -0.4 is 10.7 Å². The van der Waals surface area contributed by atoms with Crippen molar-refractivity contribution >= 4 is 23.0 Å². The second-order valence-corrected chi connectivity index (χ2v) is 5.97. The van der Waals surface area contributed by atoms with Gasteiger partial charge >= 0.3 is 0 Å². The fourth-order valence-electron chi connectivity index (χ4n) is 2.54. The van der Waals surface area contributed by atoms with Crippen molar-refractivity contribution in [1.29, 1.82) is 0 Å². The second kappa shape index (κ2) is 9.36. The van der Waals surface area contributed by atoms with Gasteiger partial charge in [0.2, 0.25) is 0 Å². The normalized spacial score (nSPS) is 15.7. The number of unbranched alkanes of at least 4 members (excludes halogenated alkanes) is 2. The van der Waals surface area contributed by atoms with Gasteiger partial charge in [0, 0.05) is 6.54 Å². The molecule has 2 N–H and O–H groups in total. The van der Waals surface area contributed by atoms with Gasteiger partial charge in [0.1, 0.15) is 0 Å². The lowest BCUT2D eigenvalue weighted by atomic mass is 10.1. The van der Waals surface area contributed by atoms with E-state index in [9.17, 15) is 0 Å². The number of hydrazone groups is 1. The summed E-state index contributed by atoms with van der Waals surface area (Å²) in [7, 11) is 0. The summed E-state index contributed by atoms with van der Waals surface area (Å²) in [4.78, 5) is 0. The maximum Gasteiger partial charge on any atom is 0.187 e. The van der Waals surface area contributed by atoms with E-state index in [1.807, 2.05) is 18.2 Å². The van der Waals surface area contributed by atoms with E-state index >= 15 is 0 Å². The van der Waals surface area contributed by atoms with E-state index in [0.29, 0.717) is 5.11 Å². The zero-order valence-electron chi connectivity index (χ0n) is 13.3. The maximum atomic E-state index is 5.28. The predicted octanol–water partition coefficient (Wildman–Crippen LogP) is 4.31. The van der Waals surface area contributed by atoms with Crippen molar-refractivity contribution in [3.8, 4) is 0 Å². The molecule has 3 nitrogen and oxygen atoms in total. The van der Waals surface area contributed by atoms with Crippen LogP contribution in [0, 0.1) is 0 Å². The van der Waals surface area contributed by atoms with Gasteiger partial charge in [0.15, 0.2) is 5.11 Å². The molecule has 1 aromatic rings. The highest BCUT2D eigenvalue weighted by atomic mass is 32.1. The Balaban J connectivity index is 1.75. The van der Waals surface area contributed by atoms with Crippen LogP contribution in [0.25, 0.3) is 0 Å². The molecule has 0 amide bonds. The first-order valence-corrected chi connectivity index (χ1v) is 8.54. The molecule has 1 aromatic carbocycles. The zero-order chi connectivity index (χ0) is 15.6. The van der Waals surface area contributed by atoms with Gasteiger partial charge < -0.3 is 5.32 Å². The molecule has 0 unspecified atom stereocenters. The molecule has 0 aliphatic heterocycles. The minimum atomic E-state index is 0.580. The largest absolute Gasteiger partial charge is 0.357 e. The molecule has 0 fully saturated rings. The van der Waals surface area contributed by atoms with Crippen LogP contribution in [0.4, 0.5) is 0 Å². The van der Waals surface area contributed by atoms with Gasteiger partial charge in [-0.15, -0.1) is 0 Å². The predicted molar refractivity (Wildman–Crippen MR) is 97.9 cm³/mol. The van der Waals surface area contributed by atoms with Crippen LogP contribution in [-0.4, -0.2) is 10.8 Å². The van der Waals surface area contributed by atoms with Crippen molar-refractivity contribution in [2.75, 3.05) is 0 Å². The van der Waals surface area contributed by atoms with E-state index in [4.69, 9.17) is 12.2 Å². The Morgan fingerprint density at radius 3 is 2.82 bits per heavy atom. The smallest absolute Gasteiger partial charge is 0.187 e. The average Bonchev–Trinajstić information content (AvgIpc) is 3.00. The van der Waals surface area contributed by atoms with E-state index in [1.165, 1.54) is 36.1 Å². The minimum absolute atomic E-state index is 0.580. The third kappa shape index (κ3) is 5.60. The monoisotopic (exact) mass is 315 g/mol. The van der Waals surface area contributed by atoms with Crippen LogP contribution in [-0.2, 0) is 6.54 Å². The Bertz CT molecular complexity index is 535. The number of nitrogens with zero attached hydrogens (tertiary/aromatic N) is 1. The van der Waals surface area contributed by atoms with E-state index in [1.54, 1.807) is 0 Å². The third-order valence-corrected chi connectivity index (χ3v) is 4.02. The summed E-state index contributed by atoms with van der Waals surface area (Å²) in [6.45, 7) is 2.95. The quantitative estimate of drug-likeness (QED) is 0.447. The number of hydrogen-bond acceptors (Lipinski definition) is 2. The first-order chi connectivity index (χ1) is 10.8. The van der Waals surface area contributed by atoms with Crippen molar-refractivity contribution in [2.24, 2.45) is 5.10 Å².